The summed E-state index contributed by atoms with van der Waals surface area (Å²) in [6.07, 6.45) is 2.52. The first-order valence-electron chi connectivity index (χ1n) is 8.58. The van der Waals surface area contributed by atoms with Gasteiger partial charge < -0.3 is 20.3 Å². The van der Waals surface area contributed by atoms with Crippen LogP contribution in [0.1, 0.15) is 40.5 Å². The van der Waals surface area contributed by atoms with Crippen LogP contribution >= 0.6 is 24.0 Å². The van der Waals surface area contributed by atoms with Gasteiger partial charge in [-0.1, -0.05) is 13.8 Å². The standard InChI is InChI=1S/C17H36N4O.HI/c1-14-10-15(2)12-21(11-14)9-7-8-19-16(18-5)20-13-17(3,4)22-6;/h14-15H,7-13H2,1-6H3,(H2,18,19,20);1H. The lowest BCUT2D eigenvalue weighted by Crippen LogP contribution is -2.46. The second-order valence-corrected chi connectivity index (χ2v) is 7.38. The first kappa shape index (κ1) is 22.9. The molecule has 6 heteroatoms. The topological polar surface area (TPSA) is 48.9 Å². The molecule has 1 aliphatic rings. The van der Waals surface area contributed by atoms with Gasteiger partial charge in [-0.15, -0.1) is 24.0 Å². The summed E-state index contributed by atoms with van der Waals surface area (Å²) < 4.78 is 5.41. The van der Waals surface area contributed by atoms with Gasteiger partial charge in [0.05, 0.1) is 5.60 Å². The summed E-state index contributed by atoms with van der Waals surface area (Å²) in [5.41, 5.74) is -0.183. The Morgan fingerprint density at radius 2 is 1.83 bits per heavy atom. The molecule has 1 heterocycles. The number of rotatable bonds is 7. The summed E-state index contributed by atoms with van der Waals surface area (Å²) in [5.74, 6) is 2.52. The van der Waals surface area contributed by atoms with Gasteiger partial charge in [0.15, 0.2) is 5.96 Å². The largest absolute Gasteiger partial charge is 0.377 e. The van der Waals surface area contributed by atoms with Crippen LogP contribution in [0.4, 0.5) is 0 Å². The number of hydrogen-bond acceptors (Lipinski definition) is 3. The molecule has 1 fully saturated rings. The Hall–Kier alpha value is -0.0800. The molecular weight excluding hydrogens is 403 g/mol. The zero-order valence-electron chi connectivity index (χ0n) is 15.8. The minimum absolute atomic E-state index is 0. The number of hydrogen-bond donors (Lipinski definition) is 2. The molecule has 5 nitrogen and oxygen atoms in total. The van der Waals surface area contributed by atoms with E-state index in [1.54, 1.807) is 7.11 Å². The fourth-order valence-corrected chi connectivity index (χ4v) is 3.07. The Morgan fingerprint density at radius 1 is 1.22 bits per heavy atom. The van der Waals surface area contributed by atoms with Crippen LogP contribution in [-0.2, 0) is 4.74 Å². The predicted octanol–water partition coefficient (Wildman–Crippen LogP) is 2.56. The third-order valence-corrected chi connectivity index (χ3v) is 4.35. The molecule has 0 saturated carbocycles. The molecule has 1 aliphatic heterocycles. The zero-order valence-corrected chi connectivity index (χ0v) is 18.1. The van der Waals surface area contributed by atoms with E-state index in [4.69, 9.17) is 4.74 Å². The number of likely N-dealkylation sites (tertiary alicyclic amines) is 1. The zero-order chi connectivity index (χ0) is 16.6. The first-order chi connectivity index (χ1) is 10.4. The van der Waals surface area contributed by atoms with E-state index in [-0.39, 0.29) is 29.6 Å². The molecule has 1 rings (SSSR count). The van der Waals surface area contributed by atoms with Gasteiger partial charge in [-0.3, -0.25) is 4.99 Å². The van der Waals surface area contributed by atoms with E-state index in [2.05, 4.69) is 48.2 Å². The van der Waals surface area contributed by atoms with Crippen LogP contribution in [0, 0.1) is 11.8 Å². The summed E-state index contributed by atoms with van der Waals surface area (Å²) in [6, 6.07) is 0. The van der Waals surface area contributed by atoms with E-state index in [9.17, 15) is 0 Å². The highest BCUT2D eigenvalue weighted by atomic mass is 127. The molecule has 1 saturated heterocycles. The SMILES string of the molecule is CN=C(NCCCN1CC(C)CC(C)C1)NCC(C)(C)OC.I. The van der Waals surface area contributed by atoms with Crippen LogP contribution in [0.15, 0.2) is 4.99 Å². The molecule has 0 aliphatic carbocycles. The number of piperidine rings is 1. The van der Waals surface area contributed by atoms with Crippen molar-refractivity contribution in [2.24, 2.45) is 16.8 Å². The minimum atomic E-state index is -0.183. The highest BCUT2D eigenvalue weighted by Gasteiger charge is 2.21. The maximum Gasteiger partial charge on any atom is 0.191 e. The van der Waals surface area contributed by atoms with Crippen molar-refractivity contribution in [2.45, 2.75) is 46.1 Å². The van der Waals surface area contributed by atoms with Crippen molar-refractivity contribution in [3.63, 3.8) is 0 Å². The molecule has 2 atom stereocenters. The molecule has 138 valence electrons. The minimum Gasteiger partial charge on any atom is -0.377 e. The molecule has 0 amide bonds. The molecule has 0 spiro atoms. The Morgan fingerprint density at radius 3 is 2.35 bits per heavy atom. The third-order valence-electron chi connectivity index (χ3n) is 4.35. The molecule has 0 aromatic rings. The number of aliphatic imine (C=N–C) groups is 1. The van der Waals surface area contributed by atoms with Crippen molar-refractivity contribution in [3.05, 3.63) is 0 Å². The maximum atomic E-state index is 5.41. The van der Waals surface area contributed by atoms with Crippen molar-refractivity contribution < 1.29 is 4.74 Å². The Balaban J connectivity index is 0.00000484. The van der Waals surface area contributed by atoms with Crippen LogP contribution < -0.4 is 10.6 Å². The van der Waals surface area contributed by atoms with Crippen LogP contribution in [-0.4, -0.2) is 63.3 Å². The molecule has 0 radical (unpaired) electrons. The van der Waals surface area contributed by atoms with E-state index in [0.29, 0.717) is 0 Å². The van der Waals surface area contributed by atoms with E-state index < -0.39 is 0 Å². The molecule has 0 aromatic carbocycles. The van der Waals surface area contributed by atoms with Gasteiger partial charge in [0.25, 0.3) is 0 Å². The van der Waals surface area contributed by atoms with Crippen molar-refractivity contribution in [3.8, 4) is 0 Å². The summed E-state index contributed by atoms with van der Waals surface area (Å²) in [6.45, 7) is 14.2. The monoisotopic (exact) mass is 440 g/mol. The highest BCUT2D eigenvalue weighted by molar-refractivity contribution is 14.0. The second kappa shape index (κ2) is 11.5. The van der Waals surface area contributed by atoms with Crippen LogP contribution in [0.5, 0.6) is 0 Å². The van der Waals surface area contributed by atoms with E-state index in [0.717, 1.165) is 37.3 Å². The average Bonchev–Trinajstić information content (AvgIpc) is 2.45. The number of methoxy groups -OCH3 is 1. The average molecular weight is 440 g/mol. The van der Waals surface area contributed by atoms with E-state index >= 15 is 0 Å². The fourth-order valence-electron chi connectivity index (χ4n) is 3.07. The summed E-state index contributed by atoms with van der Waals surface area (Å²) >= 11 is 0. The summed E-state index contributed by atoms with van der Waals surface area (Å²) in [4.78, 5) is 6.86. The van der Waals surface area contributed by atoms with E-state index in [1.807, 2.05) is 7.05 Å². The van der Waals surface area contributed by atoms with Gasteiger partial charge in [0.1, 0.15) is 0 Å². The van der Waals surface area contributed by atoms with Crippen molar-refractivity contribution in [1.82, 2.24) is 15.5 Å². The predicted molar refractivity (Wildman–Crippen MR) is 110 cm³/mol. The number of ether oxygens (including phenoxy) is 1. The van der Waals surface area contributed by atoms with Crippen molar-refractivity contribution in [2.75, 3.05) is 46.9 Å². The van der Waals surface area contributed by atoms with Crippen molar-refractivity contribution in [1.29, 1.82) is 0 Å². The normalized spacial score (nSPS) is 23.3. The molecule has 2 unspecified atom stereocenters. The molecule has 0 bridgehead atoms. The number of halogens is 1. The lowest BCUT2D eigenvalue weighted by molar-refractivity contribution is 0.0268. The van der Waals surface area contributed by atoms with E-state index in [1.165, 1.54) is 26.1 Å². The van der Waals surface area contributed by atoms with Crippen LogP contribution in [0.25, 0.3) is 0 Å². The lowest BCUT2D eigenvalue weighted by Gasteiger charge is -2.35. The lowest BCUT2D eigenvalue weighted by atomic mass is 9.92. The smallest absolute Gasteiger partial charge is 0.191 e. The van der Waals surface area contributed by atoms with Gasteiger partial charge >= 0.3 is 0 Å². The van der Waals surface area contributed by atoms with Crippen LogP contribution in [0.3, 0.4) is 0 Å². The number of nitrogens with zero attached hydrogens (tertiary/aromatic N) is 2. The van der Waals surface area contributed by atoms with Crippen LogP contribution in [0.2, 0.25) is 0 Å². The third kappa shape index (κ3) is 9.72. The molecule has 23 heavy (non-hydrogen) atoms. The number of guanidine groups is 1. The second-order valence-electron chi connectivity index (χ2n) is 7.38. The van der Waals surface area contributed by atoms with Gasteiger partial charge in [-0.05, 0) is 45.1 Å². The molecule has 0 aromatic heterocycles. The van der Waals surface area contributed by atoms with Crippen molar-refractivity contribution >= 4 is 29.9 Å². The first-order valence-corrected chi connectivity index (χ1v) is 8.58. The Kier molecular flexibility index (Phi) is 11.4. The molecular formula is C17H37IN4O. The van der Waals surface area contributed by atoms with Gasteiger partial charge in [-0.25, -0.2) is 0 Å². The Bertz CT molecular complexity index is 339. The summed E-state index contributed by atoms with van der Waals surface area (Å²) in [5, 5.41) is 6.70. The summed E-state index contributed by atoms with van der Waals surface area (Å²) in [7, 11) is 3.54. The Labute approximate surface area is 160 Å². The van der Waals surface area contributed by atoms with Gasteiger partial charge in [0.2, 0.25) is 0 Å². The molecule has 2 N–H and O–H groups in total. The van der Waals surface area contributed by atoms with Gasteiger partial charge in [0, 0.05) is 40.3 Å². The number of nitrogens with one attached hydrogen (secondary N) is 2. The maximum absolute atomic E-state index is 5.41. The highest BCUT2D eigenvalue weighted by Crippen LogP contribution is 2.20. The fraction of sp³-hybridized carbons (Fsp3) is 0.941. The quantitative estimate of drug-likeness (QED) is 0.277. The van der Waals surface area contributed by atoms with Gasteiger partial charge in [-0.2, -0.15) is 0 Å².